The number of thioether (sulfide) groups is 1. The lowest BCUT2D eigenvalue weighted by Crippen LogP contribution is -2.52. The molecule has 3 rings (SSSR count). The Labute approximate surface area is 117 Å². The molecule has 2 fully saturated rings. The molecular weight excluding hydrogens is 262 g/mol. The van der Waals surface area contributed by atoms with Gasteiger partial charge >= 0.3 is 0 Å². The van der Waals surface area contributed by atoms with Crippen LogP contribution in [0.15, 0.2) is 4.99 Å². The van der Waals surface area contributed by atoms with Crippen molar-refractivity contribution < 1.29 is 9.59 Å². The van der Waals surface area contributed by atoms with Crippen molar-refractivity contribution in [1.29, 1.82) is 0 Å². The van der Waals surface area contributed by atoms with E-state index in [1.54, 1.807) is 11.8 Å². The van der Waals surface area contributed by atoms with Gasteiger partial charge in [-0.05, 0) is 24.7 Å². The first-order chi connectivity index (χ1) is 9.17. The summed E-state index contributed by atoms with van der Waals surface area (Å²) in [5.41, 5.74) is 0.417. The molecule has 1 atom stereocenters. The minimum absolute atomic E-state index is 0.175. The lowest BCUT2D eigenvalue weighted by atomic mass is 9.89. The van der Waals surface area contributed by atoms with Crippen molar-refractivity contribution >= 4 is 28.7 Å². The fraction of sp³-hybridized carbons (Fsp3) is 0.769. The molecule has 0 aromatic heterocycles. The van der Waals surface area contributed by atoms with Crippen molar-refractivity contribution in [3.8, 4) is 0 Å². The molecule has 1 aliphatic carbocycles. The van der Waals surface area contributed by atoms with E-state index in [2.05, 4.69) is 15.6 Å². The summed E-state index contributed by atoms with van der Waals surface area (Å²) in [6.45, 7) is 0.885. The normalized spacial score (nSPS) is 30.1. The Hall–Kier alpha value is -1.04. The Morgan fingerprint density at radius 2 is 2.11 bits per heavy atom. The Morgan fingerprint density at radius 3 is 2.74 bits per heavy atom. The molecule has 2 heterocycles. The zero-order chi connectivity index (χ0) is 13.3. The smallest absolute Gasteiger partial charge is 0.249 e. The van der Waals surface area contributed by atoms with Crippen molar-refractivity contribution in [1.82, 2.24) is 10.6 Å². The minimum atomic E-state index is -0.304. The SMILES string of the molecule is O=C1CCC(NC2=NCC3(CCCC3)CS2)C(=O)N1. The molecule has 0 radical (unpaired) electrons. The first-order valence-electron chi connectivity index (χ1n) is 6.94. The van der Waals surface area contributed by atoms with Gasteiger partial charge in [-0.15, -0.1) is 0 Å². The molecule has 0 aromatic carbocycles. The molecule has 1 spiro atoms. The number of hydrogen-bond donors (Lipinski definition) is 2. The van der Waals surface area contributed by atoms with Crippen LogP contribution in [0.3, 0.4) is 0 Å². The van der Waals surface area contributed by atoms with Crippen LogP contribution in [-0.2, 0) is 9.59 Å². The Bertz CT molecular complexity index is 430. The Kier molecular flexibility index (Phi) is 3.52. The molecule has 19 heavy (non-hydrogen) atoms. The Balaban J connectivity index is 1.57. The molecular formula is C13H19N3O2S. The van der Waals surface area contributed by atoms with Gasteiger partial charge in [-0.3, -0.25) is 19.9 Å². The van der Waals surface area contributed by atoms with E-state index in [1.165, 1.54) is 25.7 Å². The summed E-state index contributed by atoms with van der Waals surface area (Å²) in [5, 5.41) is 6.41. The highest BCUT2D eigenvalue weighted by Crippen LogP contribution is 2.43. The summed E-state index contributed by atoms with van der Waals surface area (Å²) in [7, 11) is 0. The minimum Gasteiger partial charge on any atom is -0.353 e. The molecule has 1 unspecified atom stereocenters. The van der Waals surface area contributed by atoms with Gasteiger partial charge in [0.1, 0.15) is 6.04 Å². The van der Waals surface area contributed by atoms with Crippen molar-refractivity contribution in [2.45, 2.75) is 44.6 Å². The second-order valence-corrected chi connectivity index (χ2v) is 6.73. The quantitative estimate of drug-likeness (QED) is 0.705. The van der Waals surface area contributed by atoms with E-state index in [9.17, 15) is 9.59 Å². The molecule has 0 bridgehead atoms. The molecule has 5 nitrogen and oxygen atoms in total. The lowest BCUT2D eigenvalue weighted by Gasteiger charge is -2.32. The van der Waals surface area contributed by atoms with Crippen molar-refractivity contribution in [3.63, 3.8) is 0 Å². The van der Waals surface area contributed by atoms with Gasteiger partial charge in [-0.25, -0.2) is 0 Å². The molecule has 1 saturated heterocycles. The van der Waals surface area contributed by atoms with Gasteiger partial charge in [0.25, 0.3) is 0 Å². The van der Waals surface area contributed by atoms with Gasteiger partial charge < -0.3 is 5.32 Å². The van der Waals surface area contributed by atoms with Crippen molar-refractivity contribution in [2.24, 2.45) is 10.4 Å². The van der Waals surface area contributed by atoms with Crippen LogP contribution in [0.2, 0.25) is 0 Å². The van der Waals surface area contributed by atoms with E-state index in [1.807, 2.05) is 0 Å². The molecule has 1 saturated carbocycles. The number of carbonyl (C=O) groups excluding carboxylic acids is 2. The topological polar surface area (TPSA) is 70.6 Å². The largest absolute Gasteiger partial charge is 0.353 e. The van der Waals surface area contributed by atoms with Crippen LogP contribution in [-0.4, -0.2) is 35.3 Å². The van der Waals surface area contributed by atoms with Crippen LogP contribution in [0.4, 0.5) is 0 Å². The highest BCUT2D eigenvalue weighted by Gasteiger charge is 2.37. The van der Waals surface area contributed by atoms with Gasteiger partial charge in [0, 0.05) is 18.7 Å². The van der Waals surface area contributed by atoms with Crippen LogP contribution in [0.25, 0.3) is 0 Å². The van der Waals surface area contributed by atoms with Crippen LogP contribution in [0, 0.1) is 5.41 Å². The molecule has 2 amide bonds. The lowest BCUT2D eigenvalue weighted by molar-refractivity contribution is -0.134. The molecule has 3 aliphatic rings. The second-order valence-electron chi connectivity index (χ2n) is 5.77. The van der Waals surface area contributed by atoms with E-state index in [0.29, 0.717) is 18.3 Å². The standard InChI is InChI=1S/C13H19N3O2S/c17-10-4-3-9(11(18)16-10)15-12-14-7-13(8-19-12)5-1-2-6-13/h9H,1-8H2,(H,14,15)(H,16,17,18). The van der Waals surface area contributed by atoms with Crippen molar-refractivity contribution in [2.75, 3.05) is 12.3 Å². The zero-order valence-corrected chi connectivity index (χ0v) is 11.7. The summed E-state index contributed by atoms with van der Waals surface area (Å²) < 4.78 is 0. The number of amidine groups is 1. The predicted octanol–water partition coefficient (Wildman–Crippen LogP) is 1.04. The van der Waals surface area contributed by atoms with Gasteiger partial charge in [0.15, 0.2) is 5.17 Å². The monoisotopic (exact) mass is 281 g/mol. The second kappa shape index (κ2) is 5.15. The van der Waals surface area contributed by atoms with E-state index in [0.717, 1.165) is 17.5 Å². The summed E-state index contributed by atoms with van der Waals surface area (Å²) >= 11 is 1.73. The third-order valence-electron chi connectivity index (χ3n) is 4.27. The van der Waals surface area contributed by atoms with E-state index < -0.39 is 0 Å². The number of imide groups is 1. The maximum absolute atomic E-state index is 11.7. The summed E-state index contributed by atoms with van der Waals surface area (Å²) in [4.78, 5) is 27.4. The molecule has 104 valence electrons. The maximum atomic E-state index is 11.7. The number of carbonyl (C=O) groups is 2. The predicted molar refractivity (Wildman–Crippen MR) is 75.0 cm³/mol. The van der Waals surface area contributed by atoms with Gasteiger partial charge in [0.05, 0.1) is 0 Å². The van der Waals surface area contributed by atoms with Crippen molar-refractivity contribution in [3.05, 3.63) is 0 Å². The molecule has 0 aromatic rings. The molecule has 2 aliphatic heterocycles. The highest BCUT2D eigenvalue weighted by atomic mass is 32.2. The van der Waals surface area contributed by atoms with Crippen LogP contribution < -0.4 is 10.6 Å². The van der Waals surface area contributed by atoms with Crippen LogP contribution in [0.5, 0.6) is 0 Å². The Morgan fingerprint density at radius 1 is 1.32 bits per heavy atom. The number of nitrogens with one attached hydrogen (secondary N) is 2. The first-order valence-corrected chi connectivity index (χ1v) is 7.93. The number of aliphatic imine (C=N–C) groups is 1. The summed E-state index contributed by atoms with van der Waals surface area (Å²) in [5.74, 6) is 0.707. The third kappa shape index (κ3) is 2.78. The molecule has 2 N–H and O–H groups in total. The number of rotatable bonds is 1. The highest BCUT2D eigenvalue weighted by molar-refractivity contribution is 8.13. The summed E-state index contributed by atoms with van der Waals surface area (Å²) in [6.07, 6.45) is 6.20. The maximum Gasteiger partial charge on any atom is 0.249 e. The number of nitrogens with zero attached hydrogens (tertiary/aromatic N) is 1. The number of hydrogen-bond acceptors (Lipinski definition) is 5. The third-order valence-corrected chi connectivity index (χ3v) is 5.55. The fourth-order valence-corrected chi connectivity index (χ4v) is 4.25. The van der Waals surface area contributed by atoms with Gasteiger partial charge in [0.2, 0.25) is 11.8 Å². The zero-order valence-electron chi connectivity index (χ0n) is 10.9. The van der Waals surface area contributed by atoms with E-state index in [4.69, 9.17) is 0 Å². The average molecular weight is 281 g/mol. The average Bonchev–Trinajstić information content (AvgIpc) is 2.84. The van der Waals surface area contributed by atoms with Crippen LogP contribution >= 0.6 is 11.8 Å². The number of piperidine rings is 1. The van der Waals surface area contributed by atoms with Gasteiger partial charge in [-0.2, -0.15) is 0 Å². The molecule has 6 heteroatoms. The fourth-order valence-electron chi connectivity index (χ4n) is 3.05. The summed E-state index contributed by atoms with van der Waals surface area (Å²) in [6, 6.07) is -0.304. The first kappa shape index (κ1) is 13.0. The van der Waals surface area contributed by atoms with Gasteiger partial charge in [-0.1, -0.05) is 24.6 Å². The number of amides is 2. The van der Waals surface area contributed by atoms with E-state index in [-0.39, 0.29) is 17.9 Å². The van der Waals surface area contributed by atoms with Crippen LogP contribution in [0.1, 0.15) is 38.5 Å². The van der Waals surface area contributed by atoms with E-state index >= 15 is 0 Å².